The van der Waals surface area contributed by atoms with Gasteiger partial charge in [-0.15, -0.1) is 0 Å². The van der Waals surface area contributed by atoms with Gasteiger partial charge in [-0.25, -0.2) is 14.3 Å². The van der Waals surface area contributed by atoms with Crippen LogP contribution in [0.3, 0.4) is 0 Å². The van der Waals surface area contributed by atoms with E-state index in [4.69, 9.17) is 8.83 Å². The van der Waals surface area contributed by atoms with E-state index in [0.29, 0.717) is 33.5 Å². The van der Waals surface area contributed by atoms with Gasteiger partial charge in [0.15, 0.2) is 0 Å². The molecule has 8 nitrogen and oxygen atoms in total. The molecule has 0 amide bonds. The van der Waals surface area contributed by atoms with Gasteiger partial charge >= 0.3 is 11.3 Å². The molecular weight excluding hydrogens is 711 g/mol. The quantitative estimate of drug-likeness (QED) is 0.0838. The molecule has 3 aromatic heterocycles. The van der Waals surface area contributed by atoms with E-state index < -0.39 is 5.63 Å². The highest BCUT2D eigenvalue weighted by Gasteiger charge is 2.17. The van der Waals surface area contributed by atoms with Crippen molar-refractivity contribution in [1.29, 1.82) is 0 Å². The summed E-state index contributed by atoms with van der Waals surface area (Å²) in [7, 11) is 0. The van der Waals surface area contributed by atoms with E-state index >= 15 is 0 Å². The second-order valence-corrected chi connectivity index (χ2v) is 11.7. The van der Waals surface area contributed by atoms with Gasteiger partial charge in [0.1, 0.15) is 16.6 Å². The molecule has 0 spiro atoms. The number of hydrogen-bond donors (Lipinski definition) is 1. The Morgan fingerprint density at radius 2 is 1.41 bits per heavy atom. The Morgan fingerprint density at radius 1 is 0.804 bits per heavy atom. The molecule has 7 rings (SSSR count). The topological polar surface area (TPSA) is 103 Å². The highest BCUT2D eigenvalue weighted by molar-refractivity contribution is 9.10. The number of rotatable bonds is 4. The summed E-state index contributed by atoms with van der Waals surface area (Å²) in [4.78, 5) is 24.4. The van der Waals surface area contributed by atoms with Crippen molar-refractivity contribution in [1.82, 2.24) is 9.78 Å². The van der Waals surface area contributed by atoms with E-state index in [1.54, 1.807) is 29.8 Å². The minimum absolute atomic E-state index is 0. The largest absolute Gasteiger partial charge is 0.422 e. The van der Waals surface area contributed by atoms with E-state index in [2.05, 4.69) is 47.5 Å². The van der Waals surface area contributed by atoms with Crippen molar-refractivity contribution >= 4 is 84.5 Å². The van der Waals surface area contributed by atoms with Crippen LogP contribution in [0.15, 0.2) is 136 Å². The van der Waals surface area contributed by atoms with E-state index in [0.717, 1.165) is 36.6 Å². The third-order valence-electron chi connectivity index (χ3n) is 6.88. The molecule has 7 aromatic rings. The van der Waals surface area contributed by atoms with Gasteiger partial charge in [0.2, 0.25) is 0 Å². The monoisotopic (exact) mass is 737 g/mol. The number of benzene rings is 4. The predicted octanol–water partition coefficient (Wildman–Crippen LogP) is 8.85. The summed E-state index contributed by atoms with van der Waals surface area (Å²) < 4.78 is 14.4. The summed E-state index contributed by atoms with van der Waals surface area (Å²) in [6, 6.07) is 32.2. The van der Waals surface area contributed by atoms with Gasteiger partial charge in [-0.05, 0) is 80.6 Å². The summed E-state index contributed by atoms with van der Waals surface area (Å²) in [6.07, 6.45) is 0. The molecule has 4 aromatic carbocycles. The van der Waals surface area contributed by atoms with E-state index in [-0.39, 0.29) is 21.5 Å². The van der Waals surface area contributed by atoms with Gasteiger partial charge in [0.25, 0.3) is 0 Å². The van der Waals surface area contributed by atoms with Crippen molar-refractivity contribution < 1.29 is 8.83 Å². The van der Waals surface area contributed by atoms with Crippen molar-refractivity contribution in [3.8, 4) is 5.69 Å². The lowest BCUT2D eigenvalue weighted by molar-refractivity contribution is 0.559. The standard InChI is InChI=1S/C17H11BrN2O2.C17H13BrN2O2.CH4.B/c1-10-15-16(20(19-10)12-5-3-2-4-6-12)13-9-11(18)7-8-14(13)22-17(15)21;1-11(19-20-14-5-3-2-4-6-14)15-10-12-9-13(18)7-8-16(12)22-17(15)21;;/h2-9H,1H3;2-10,20H,1H3;1H4;/b;19-11-;;. The number of aromatic nitrogens is 2. The zero-order chi connectivity index (χ0) is 30.8. The highest BCUT2D eigenvalue weighted by Crippen LogP contribution is 2.29. The first kappa shape index (κ1) is 34.1. The minimum Gasteiger partial charge on any atom is -0.422 e. The smallest absolute Gasteiger partial charge is 0.347 e. The molecule has 0 saturated heterocycles. The van der Waals surface area contributed by atoms with Crippen LogP contribution >= 0.6 is 31.9 Å². The summed E-state index contributed by atoms with van der Waals surface area (Å²) in [6.45, 7) is 3.59. The van der Waals surface area contributed by atoms with E-state index in [9.17, 15) is 9.59 Å². The molecular formula is C35H28BBr2N4O4. The first-order valence-corrected chi connectivity index (χ1v) is 15.1. The number of halogens is 2. The predicted molar refractivity (Wildman–Crippen MR) is 194 cm³/mol. The minimum atomic E-state index is -0.397. The van der Waals surface area contributed by atoms with Crippen LogP contribution in [0.1, 0.15) is 25.6 Å². The maximum absolute atomic E-state index is 12.3. The average Bonchev–Trinajstić information content (AvgIpc) is 3.39. The molecule has 0 aliphatic heterocycles. The van der Waals surface area contributed by atoms with Crippen LogP contribution in [0.25, 0.3) is 38.5 Å². The Morgan fingerprint density at radius 3 is 2.11 bits per heavy atom. The molecule has 0 atom stereocenters. The average molecular weight is 739 g/mol. The van der Waals surface area contributed by atoms with Crippen LogP contribution in [-0.4, -0.2) is 23.9 Å². The molecule has 0 unspecified atom stereocenters. The number of fused-ring (bicyclic) bond motifs is 4. The molecule has 0 bridgehead atoms. The molecule has 1 N–H and O–H groups in total. The Hall–Kier alpha value is -4.74. The van der Waals surface area contributed by atoms with Crippen LogP contribution < -0.4 is 16.7 Å². The number of hydrogen-bond acceptors (Lipinski definition) is 7. The normalized spacial score (nSPS) is 11.0. The van der Waals surface area contributed by atoms with Crippen molar-refractivity contribution in [2.24, 2.45) is 5.10 Å². The summed E-state index contributed by atoms with van der Waals surface area (Å²) in [5.41, 5.74) is 7.49. The third-order valence-corrected chi connectivity index (χ3v) is 7.86. The lowest BCUT2D eigenvalue weighted by atomic mass is 10.1. The van der Waals surface area contributed by atoms with Crippen molar-refractivity contribution in [2.45, 2.75) is 21.3 Å². The van der Waals surface area contributed by atoms with Crippen LogP contribution in [0.2, 0.25) is 0 Å². The first-order valence-electron chi connectivity index (χ1n) is 13.5. The van der Waals surface area contributed by atoms with Crippen molar-refractivity contribution in [3.63, 3.8) is 0 Å². The van der Waals surface area contributed by atoms with Gasteiger partial charge in [-0.3, -0.25) is 5.43 Å². The number of anilines is 1. The van der Waals surface area contributed by atoms with E-state index in [1.165, 1.54) is 0 Å². The van der Waals surface area contributed by atoms with E-state index in [1.807, 2.05) is 91.9 Å². The molecule has 3 heterocycles. The van der Waals surface area contributed by atoms with Gasteiger partial charge in [0, 0.05) is 28.1 Å². The highest BCUT2D eigenvalue weighted by atomic mass is 79.9. The molecule has 3 radical (unpaired) electrons. The number of nitrogens with one attached hydrogen (secondary N) is 1. The first-order chi connectivity index (χ1) is 21.3. The molecule has 229 valence electrons. The Balaban J connectivity index is 0.000000200. The van der Waals surface area contributed by atoms with Gasteiger partial charge in [-0.2, -0.15) is 10.2 Å². The summed E-state index contributed by atoms with van der Waals surface area (Å²) in [5.74, 6) is 0. The fourth-order valence-corrected chi connectivity index (χ4v) is 5.51. The maximum Gasteiger partial charge on any atom is 0.347 e. The SMILES string of the molecule is C.C/C(=N/Nc1ccccc1)c1cc2cc(Br)ccc2oc1=O.Cc1nn(-c2ccccc2)c2c1c(=O)oc1ccc(Br)cc12.[B]. The Labute approximate surface area is 283 Å². The van der Waals surface area contributed by atoms with Crippen molar-refractivity contribution in [3.05, 3.63) is 144 Å². The number of para-hydroxylation sites is 2. The Kier molecular flexibility index (Phi) is 10.8. The molecule has 0 saturated carbocycles. The van der Waals surface area contributed by atoms with Gasteiger partial charge in [-0.1, -0.05) is 75.7 Å². The summed E-state index contributed by atoms with van der Waals surface area (Å²) in [5, 5.41) is 11.0. The zero-order valence-corrected chi connectivity index (χ0v) is 27.3. The maximum atomic E-state index is 12.3. The molecule has 0 aliphatic rings. The van der Waals surface area contributed by atoms with Crippen LogP contribution in [0.5, 0.6) is 0 Å². The number of hydrazone groups is 1. The van der Waals surface area contributed by atoms with Crippen LogP contribution in [0.4, 0.5) is 5.69 Å². The van der Waals surface area contributed by atoms with Crippen molar-refractivity contribution in [2.75, 3.05) is 5.43 Å². The lowest BCUT2D eigenvalue weighted by Crippen LogP contribution is -2.13. The van der Waals surface area contributed by atoms with Crippen LogP contribution in [-0.2, 0) is 0 Å². The molecule has 46 heavy (non-hydrogen) atoms. The fourth-order valence-electron chi connectivity index (χ4n) is 4.77. The van der Waals surface area contributed by atoms with Crippen LogP contribution in [0, 0.1) is 6.92 Å². The number of nitrogens with zero attached hydrogens (tertiary/aromatic N) is 3. The number of aryl methyl sites for hydroxylation is 1. The third kappa shape index (κ3) is 7.06. The second kappa shape index (κ2) is 14.6. The molecule has 0 fully saturated rings. The molecule has 11 heteroatoms. The Bertz CT molecular complexity index is 2300. The van der Waals surface area contributed by atoms with Gasteiger partial charge in [0.05, 0.1) is 33.9 Å². The summed E-state index contributed by atoms with van der Waals surface area (Å²) >= 11 is 6.89. The fraction of sp³-hybridized carbons (Fsp3) is 0.0857. The van der Waals surface area contributed by atoms with Gasteiger partial charge < -0.3 is 8.83 Å². The second-order valence-electron chi connectivity index (χ2n) is 9.89. The lowest BCUT2D eigenvalue weighted by Gasteiger charge is -2.05. The molecule has 0 aliphatic carbocycles. The zero-order valence-electron chi connectivity index (χ0n) is 24.1.